The Morgan fingerprint density at radius 2 is 1.85 bits per heavy atom. The molecule has 2 amide bonds. The molecule has 2 aliphatic rings. The summed E-state index contributed by atoms with van der Waals surface area (Å²) in [6.07, 6.45) is 12.0. The first-order chi connectivity index (χ1) is 16.6. The van der Waals surface area contributed by atoms with E-state index in [2.05, 4.69) is 45.6 Å². The molecule has 0 radical (unpaired) electrons. The molecule has 2 unspecified atom stereocenters. The summed E-state index contributed by atoms with van der Waals surface area (Å²) in [4.78, 5) is 35.1. The minimum Gasteiger partial charge on any atom is -0.338 e. The van der Waals surface area contributed by atoms with E-state index >= 15 is 0 Å². The van der Waals surface area contributed by atoms with E-state index in [1.165, 1.54) is 11.1 Å². The van der Waals surface area contributed by atoms with Crippen molar-refractivity contribution in [2.45, 2.75) is 12.8 Å². The summed E-state index contributed by atoms with van der Waals surface area (Å²) in [6.45, 7) is 1.56. The summed E-state index contributed by atoms with van der Waals surface area (Å²) < 4.78 is 0. The SMILES string of the molecule is O=C(Cc1ccncc1)Nc1ccc(C=CC(=O)N2CC3C=C(c4ccccc4)CC3C2)cn1. The smallest absolute Gasteiger partial charge is 0.246 e. The van der Waals surface area contributed by atoms with Crippen LogP contribution in [0.3, 0.4) is 0 Å². The molecule has 2 aromatic heterocycles. The summed E-state index contributed by atoms with van der Waals surface area (Å²) in [5.41, 5.74) is 4.39. The molecule has 3 heterocycles. The molecule has 2 atom stereocenters. The Labute approximate surface area is 199 Å². The zero-order chi connectivity index (χ0) is 23.3. The standard InChI is InChI=1S/C28H26N4O2/c33-27(14-20-10-12-29-13-11-20)31-26-8-6-21(17-30-26)7-9-28(34)32-18-24-15-23(16-25(24)19-32)22-4-2-1-3-5-22/h1-13,15,17,24-25H,14,16,18-19H2,(H,30,31,33). The van der Waals surface area contributed by atoms with Crippen LogP contribution >= 0.6 is 0 Å². The number of pyridine rings is 2. The van der Waals surface area contributed by atoms with Crippen molar-refractivity contribution in [3.63, 3.8) is 0 Å². The Hall–Kier alpha value is -4.06. The van der Waals surface area contributed by atoms with Crippen LogP contribution in [0.4, 0.5) is 5.82 Å². The van der Waals surface area contributed by atoms with Crippen LogP contribution in [0.25, 0.3) is 11.6 Å². The van der Waals surface area contributed by atoms with Crippen molar-refractivity contribution < 1.29 is 9.59 Å². The maximum Gasteiger partial charge on any atom is 0.246 e. The van der Waals surface area contributed by atoms with Crippen molar-refractivity contribution in [3.05, 3.63) is 102 Å². The van der Waals surface area contributed by atoms with Crippen molar-refractivity contribution in [2.24, 2.45) is 11.8 Å². The van der Waals surface area contributed by atoms with Gasteiger partial charge in [-0.15, -0.1) is 0 Å². The van der Waals surface area contributed by atoms with Crippen molar-refractivity contribution in [3.8, 4) is 0 Å². The highest BCUT2D eigenvalue weighted by atomic mass is 16.2. The first-order valence-corrected chi connectivity index (χ1v) is 11.5. The summed E-state index contributed by atoms with van der Waals surface area (Å²) in [7, 11) is 0. The largest absolute Gasteiger partial charge is 0.338 e. The number of carbonyl (C=O) groups excluding carboxylic acids is 2. The number of likely N-dealkylation sites (tertiary alicyclic amines) is 1. The first kappa shape index (κ1) is 21.8. The van der Waals surface area contributed by atoms with E-state index in [1.807, 2.05) is 29.2 Å². The molecule has 5 rings (SSSR count). The number of carbonyl (C=O) groups is 2. The second-order valence-corrected chi connectivity index (χ2v) is 8.82. The van der Waals surface area contributed by atoms with Gasteiger partial charge >= 0.3 is 0 Å². The third-order valence-electron chi connectivity index (χ3n) is 6.43. The lowest BCUT2D eigenvalue weighted by atomic mass is 9.98. The number of hydrogen-bond donors (Lipinski definition) is 1. The molecule has 0 bridgehead atoms. The van der Waals surface area contributed by atoms with Crippen LogP contribution in [-0.4, -0.2) is 39.8 Å². The van der Waals surface area contributed by atoms with Gasteiger partial charge in [0, 0.05) is 37.8 Å². The summed E-state index contributed by atoms with van der Waals surface area (Å²) in [5, 5.41) is 2.79. The van der Waals surface area contributed by atoms with Gasteiger partial charge in [-0.25, -0.2) is 4.98 Å². The average molecular weight is 451 g/mol. The molecule has 170 valence electrons. The second kappa shape index (κ2) is 9.83. The molecule has 1 aliphatic heterocycles. The van der Waals surface area contributed by atoms with Crippen LogP contribution in [0.5, 0.6) is 0 Å². The van der Waals surface area contributed by atoms with Crippen LogP contribution in [-0.2, 0) is 16.0 Å². The van der Waals surface area contributed by atoms with E-state index < -0.39 is 0 Å². The molecule has 3 aromatic rings. The summed E-state index contributed by atoms with van der Waals surface area (Å²) in [5.74, 6) is 1.31. The van der Waals surface area contributed by atoms with Crippen molar-refractivity contribution >= 4 is 29.3 Å². The quantitative estimate of drug-likeness (QED) is 0.570. The lowest BCUT2D eigenvalue weighted by molar-refractivity contribution is -0.125. The topological polar surface area (TPSA) is 75.2 Å². The number of hydrogen-bond acceptors (Lipinski definition) is 4. The molecule has 34 heavy (non-hydrogen) atoms. The lowest BCUT2D eigenvalue weighted by Crippen LogP contribution is -2.27. The zero-order valence-corrected chi connectivity index (χ0v) is 18.8. The predicted octanol–water partition coefficient (Wildman–Crippen LogP) is 4.23. The highest BCUT2D eigenvalue weighted by Gasteiger charge is 2.37. The molecule has 0 saturated carbocycles. The fourth-order valence-corrected chi connectivity index (χ4v) is 4.68. The van der Waals surface area contributed by atoms with E-state index in [0.29, 0.717) is 17.7 Å². The fourth-order valence-electron chi connectivity index (χ4n) is 4.68. The van der Waals surface area contributed by atoms with Gasteiger partial charge in [0.2, 0.25) is 11.8 Å². The van der Waals surface area contributed by atoms with Gasteiger partial charge in [0.15, 0.2) is 0 Å². The molecule has 6 nitrogen and oxygen atoms in total. The number of fused-ring (bicyclic) bond motifs is 1. The second-order valence-electron chi connectivity index (χ2n) is 8.82. The number of benzene rings is 1. The van der Waals surface area contributed by atoms with Gasteiger partial charge in [0.05, 0.1) is 6.42 Å². The third kappa shape index (κ3) is 5.12. The Bertz CT molecular complexity index is 1220. The van der Waals surface area contributed by atoms with Gasteiger partial charge in [-0.1, -0.05) is 36.4 Å². The minimum atomic E-state index is -0.138. The Balaban J connectivity index is 1.13. The molecule has 1 fully saturated rings. The number of nitrogens with one attached hydrogen (secondary N) is 1. The molecule has 1 saturated heterocycles. The number of anilines is 1. The molecule has 1 aromatic carbocycles. The van der Waals surface area contributed by atoms with Gasteiger partial charge < -0.3 is 10.2 Å². The third-order valence-corrected chi connectivity index (χ3v) is 6.43. The van der Waals surface area contributed by atoms with Crippen LogP contribution in [0, 0.1) is 11.8 Å². The lowest BCUT2D eigenvalue weighted by Gasteiger charge is -2.15. The maximum absolute atomic E-state index is 12.7. The van der Waals surface area contributed by atoms with E-state index in [1.54, 1.807) is 36.8 Å². The number of rotatable bonds is 6. The van der Waals surface area contributed by atoms with Gasteiger partial charge in [-0.3, -0.25) is 14.6 Å². The average Bonchev–Trinajstić information content (AvgIpc) is 3.44. The molecule has 6 heteroatoms. The molecular formula is C28H26N4O2. The normalized spacial score (nSPS) is 19.2. The van der Waals surface area contributed by atoms with Crippen LogP contribution in [0.15, 0.2) is 85.3 Å². The highest BCUT2D eigenvalue weighted by Crippen LogP contribution is 2.40. The fraction of sp³-hybridized carbons (Fsp3) is 0.214. The van der Waals surface area contributed by atoms with Crippen LogP contribution in [0.2, 0.25) is 0 Å². The molecule has 1 aliphatic carbocycles. The number of amides is 2. The van der Waals surface area contributed by atoms with E-state index in [9.17, 15) is 9.59 Å². The van der Waals surface area contributed by atoms with Crippen molar-refractivity contribution in [2.75, 3.05) is 18.4 Å². The summed E-state index contributed by atoms with van der Waals surface area (Å²) in [6, 6.07) is 17.7. The highest BCUT2D eigenvalue weighted by molar-refractivity contribution is 5.93. The molecular weight excluding hydrogens is 424 g/mol. The number of allylic oxidation sites excluding steroid dienone is 1. The van der Waals surface area contributed by atoms with Crippen molar-refractivity contribution in [1.82, 2.24) is 14.9 Å². The predicted molar refractivity (Wildman–Crippen MR) is 132 cm³/mol. The van der Waals surface area contributed by atoms with E-state index in [0.717, 1.165) is 30.6 Å². The zero-order valence-electron chi connectivity index (χ0n) is 18.8. The maximum atomic E-state index is 12.7. The monoisotopic (exact) mass is 450 g/mol. The Kier molecular flexibility index (Phi) is 6.29. The van der Waals surface area contributed by atoms with Crippen LogP contribution in [0.1, 0.15) is 23.1 Å². The minimum absolute atomic E-state index is 0.0267. The van der Waals surface area contributed by atoms with Gasteiger partial charge in [0.1, 0.15) is 5.82 Å². The molecule has 0 spiro atoms. The van der Waals surface area contributed by atoms with Gasteiger partial charge in [-0.05, 0) is 70.9 Å². The van der Waals surface area contributed by atoms with Crippen molar-refractivity contribution in [1.29, 1.82) is 0 Å². The van der Waals surface area contributed by atoms with Gasteiger partial charge in [0.25, 0.3) is 0 Å². The van der Waals surface area contributed by atoms with Crippen LogP contribution < -0.4 is 5.32 Å². The Morgan fingerprint density at radius 1 is 1.03 bits per heavy atom. The molecule has 1 N–H and O–H groups in total. The van der Waals surface area contributed by atoms with E-state index in [4.69, 9.17) is 0 Å². The summed E-state index contributed by atoms with van der Waals surface area (Å²) >= 11 is 0. The Morgan fingerprint density at radius 3 is 2.59 bits per heavy atom. The van der Waals surface area contributed by atoms with E-state index in [-0.39, 0.29) is 18.2 Å². The first-order valence-electron chi connectivity index (χ1n) is 11.5. The van der Waals surface area contributed by atoms with Gasteiger partial charge in [-0.2, -0.15) is 0 Å². The number of aromatic nitrogens is 2. The number of nitrogens with zero attached hydrogens (tertiary/aromatic N) is 3.